The molecule has 5 rings (SSSR count). The summed E-state index contributed by atoms with van der Waals surface area (Å²) in [7, 11) is 0. The summed E-state index contributed by atoms with van der Waals surface area (Å²) < 4.78 is 6.30. The van der Waals surface area contributed by atoms with Crippen LogP contribution >= 0.6 is 0 Å². The van der Waals surface area contributed by atoms with Gasteiger partial charge < -0.3 is 9.64 Å². The van der Waals surface area contributed by atoms with Gasteiger partial charge in [-0.2, -0.15) is 0 Å². The van der Waals surface area contributed by atoms with Crippen LogP contribution in [0.5, 0.6) is 0 Å². The Morgan fingerprint density at radius 2 is 1.67 bits per heavy atom. The van der Waals surface area contributed by atoms with Gasteiger partial charge in [-0.25, -0.2) is 0 Å². The lowest BCUT2D eigenvalue weighted by atomic mass is 9.82. The molecular formula is C19H21NO. The first kappa shape index (κ1) is 12.1. The van der Waals surface area contributed by atoms with E-state index in [-0.39, 0.29) is 0 Å². The minimum absolute atomic E-state index is 0.473. The van der Waals surface area contributed by atoms with Crippen LogP contribution in [0.4, 0.5) is 5.69 Å². The molecule has 2 nitrogen and oxygen atoms in total. The highest BCUT2D eigenvalue weighted by molar-refractivity contribution is 5.50. The van der Waals surface area contributed by atoms with Crippen LogP contribution in [0.2, 0.25) is 0 Å². The third-order valence-electron chi connectivity index (χ3n) is 5.79. The number of anilines is 1. The van der Waals surface area contributed by atoms with Gasteiger partial charge in [0.2, 0.25) is 0 Å². The summed E-state index contributed by atoms with van der Waals surface area (Å²) in [5.41, 5.74) is 7.85. The summed E-state index contributed by atoms with van der Waals surface area (Å²) in [6.45, 7) is 6.64. The molecule has 0 unspecified atom stereocenters. The molecule has 2 heteroatoms. The van der Waals surface area contributed by atoms with Gasteiger partial charge in [-0.05, 0) is 37.1 Å². The fourth-order valence-corrected chi connectivity index (χ4v) is 5.01. The van der Waals surface area contributed by atoms with Crippen LogP contribution in [-0.4, -0.2) is 25.3 Å². The standard InChI is InChI=1S/C19H21NO/c1-11(2)8-13-16-17(13)19-15-10-20(9-14(15)18(16)21-19)12-6-4-3-5-7-12/h3-7,14-19H,9-10H2,1-2H3/t14-,15+,16+,17-,18-,19+. The molecule has 4 aliphatic rings. The highest BCUT2D eigenvalue weighted by atomic mass is 16.5. The van der Waals surface area contributed by atoms with E-state index in [1.807, 2.05) is 0 Å². The van der Waals surface area contributed by atoms with E-state index in [1.165, 1.54) is 24.4 Å². The molecule has 0 amide bonds. The van der Waals surface area contributed by atoms with Crippen molar-refractivity contribution in [3.05, 3.63) is 47.2 Å². The van der Waals surface area contributed by atoms with Gasteiger partial charge in [0, 0.05) is 42.4 Å². The number of hydrogen-bond acceptors (Lipinski definition) is 2. The van der Waals surface area contributed by atoms with Gasteiger partial charge in [0.15, 0.2) is 0 Å². The van der Waals surface area contributed by atoms with Crippen molar-refractivity contribution in [2.75, 3.05) is 18.0 Å². The quantitative estimate of drug-likeness (QED) is 0.732. The Bertz CT molecular complexity index is 627. The van der Waals surface area contributed by atoms with Gasteiger partial charge in [-0.15, -0.1) is 5.73 Å². The molecule has 0 spiro atoms. The van der Waals surface area contributed by atoms with Crippen molar-refractivity contribution in [3.8, 4) is 0 Å². The molecule has 0 radical (unpaired) electrons. The van der Waals surface area contributed by atoms with Crippen LogP contribution in [0.25, 0.3) is 0 Å². The van der Waals surface area contributed by atoms with Gasteiger partial charge in [-0.3, -0.25) is 0 Å². The maximum absolute atomic E-state index is 6.30. The molecule has 21 heavy (non-hydrogen) atoms. The molecule has 1 aromatic rings. The summed E-state index contributed by atoms with van der Waals surface area (Å²) in [6.07, 6.45) is 0.945. The van der Waals surface area contributed by atoms with Gasteiger partial charge in [0.05, 0.1) is 12.2 Å². The molecule has 1 saturated carbocycles. The van der Waals surface area contributed by atoms with Crippen LogP contribution in [0, 0.1) is 23.7 Å². The van der Waals surface area contributed by atoms with Crippen molar-refractivity contribution in [2.24, 2.45) is 23.7 Å². The SMILES string of the molecule is CC(C)=C=C1[C@@H]2[C@@H]3O[C@@H]([C@H]4CN(c5ccccc5)C[C@H]43)[C@H]12. The van der Waals surface area contributed by atoms with Crippen molar-refractivity contribution in [2.45, 2.75) is 26.1 Å². The van der Waals surface area contributed by atoms with E-state index in [1.54, 1.807) is 5.57 Å². The first-order valence-corrected chi connectivity index (χ1v) is 8.13. The highest BCUT2D eigenvalue weighted by Crippen LogP contribution is 2.67. The van der Waals surface area contributed by atoms with E-state index in [4.69, 9.17) is 4.74 Å². The number of hydrogen-bond donors (Lipinski definition) is 0. The molecule has 3 aliphatic heterocycles. The zero-order chi connectivity index (χ0) is 14.1. The van der Waals surface area contributed by atoms with E-state index in [9.17, 15) is 0 Å². The van der Waals surface area contributed by atoms with E-state index >= 15 is 0 Å². The molecule has 1 aliphatic carbocycles. The smallest absolute Gasteiger partial charge is 0.0707 e. The predicted molar refractivity (Wildman–Crippen MR) is 83.2 cm³/mol. The Hall–Kier alpha value is -1.50. The molecule has 0 aromatic heterocycles. The Morgan fingerprint density at radius 3 is 2.24 bits per heavy atom. The van der Waals surface area contributed by atoms with Crippen LogP contribution < -0.4 is 4.90 Å². The Kier molecular flexibility index (Phi) is 2.32. The van der Waals surface area contributed by atoms with Gasteiger partial charge >= 0.3 is 0 Å². The van der Waals surface area contributed by atoms with Gasteiger partial charge in [0.25, 0.3) is 0 Å². The molecule has 1 aromatic carbocycles. The third kappa shape index (κ3) is 1.58. The lowest BCUT2D eigenvalue weighted by molar-refractivity contribution is 0.0629. The molecule has 108 valence electrons. The van der Waals surface area contributed by atoms with Gasteiger partial charge in [-0.1, -0.05) is 18.2 Å². The Labute approximate surface area is 126 Å². The molecule has 3 saturated heterocycles. The molecule has 4 fully saturated rings. The van der Waals surface area contributed by atoms with E-state index in [0.29, 0.717) is 24.0 Å². The van der Waals surface area contributed by atoms with E-state index < -0.39 is 0 Å². The van der Waals surface area contributed by atoms with E-state index in [0.717, 1.165) is 11.8 Å². The predicted octanol–water partition coefficient (Wildman–Crippen LogP) is 3.26. The average Bonchev–Trinajstić information content (AvgIpc) is 2.86. The number of fused-ring (bicyclic) bond motifs is 8. The van der Waals surface area contributed by atoms with Crippen LogP contribution in [0.3, 0.4) is 0 Å². The average molecular weight is 279 g/mol. The molecule has 6 atom stereocenters. The second kappa shape index (κ2) is 4.03. The minimum atomic E-state index is 0.473. The van der Waals surface area contributed by atoms with Crippen molar-refractivity contribution in [3.63, 3.8) is 0 Å². The number of ether oxygens (including phenoxy) is 1. The topological polar surface area (TPSA) is 12.5 Å². The maximum Gasteiger partial charge on any atom is 0.0707 e. The number of rotatable bonds is 1. The first-order chi connectivity index (χ1) is 10.2. The summed E-state index contributed by atoms with van der Waals surface area (Å²) in [5, 5.41) is 0. The van der Waals surface area contributed by atoms with E-state index in [2.05, 4.69) is 54.8 Å². The fraction of sp³-hybridized carbons (Fsp3) is 0.526. The van der Waals surface area contributed by atoms with Crippen molar-refractivity contribution >= 4 is 5.69 Å². The summed E-state index contributed by atoms with van der Waals surface area (Å²) >= 11 is 0. The van der Waals surface area contributed by atoms with Gasteiger partial charge in [0.1, 0.15) is 0 Å². The summed E-state index contributed by atoms with van der Waals surface area (Å²) in [5.74, 6) is 2.85. The minimum Gasteiger partial charge on any atom is -0.373 e. The van der Waals surface area contributed by atoms with Crippen LogP contribution in [-0.2, 0) is 4.74 Å². The fourth-order valence-electron chi connectivity index (χ4n) is 5.01. The number of nitrogens with zero attached hydrogens (tertiary/aromatic N) is 1. The molecule has 0 N–H and O–H groups in total. The lowest BCUT2D eigenvalue weighted by Crippen LogP contribution is -2.27. The molecule has 3 heterocycles. The van der Waals surface area contributed by atoms with Crippen molar-refractivity contribution < 1.29 is 4.74 Å². The second-order valence-corrected chi connectivity index (χ2v) is 7.27. The largest absolute Gasteiger partial charge is 0.373 e. The Morgan fingerprint density at radius 1 is 1.05 bits per heavy atom. The number of para-hydroxylation sites is 1. The first-order valence-electron chi connectivity index (χ1n) is 8.13. The molecular weight excluding hydrogens is 258 g/mol. The van der Waals surface area contributed by atoms with Crippen LogP contribution in [0.1, 0.15) is 13.8 Å². The third-order valence-corrected chi connectivity index (χ3v) is 5.79. The normalized spacial score (nSPS) is 41.8. The van der Waals surface area contributed by atoms with Crippen LogP contribution in [0.15, 0.2) is 47.2 Å². The van der Waals surface area contributed by atoms with Crippen molar-refractivity contribution in [1.29, 1.82) is 0 Å². The zero-order valence-corrected chi connectivity index (χ0v) is 12.6. The van der Waals surface area contributed by atoms with Crippen molar-refractivity contribution in [1.82, 2.24) is 0 Å². The highest BCUT2D eigenvalue weighted by Gasteiger charge is 2.71. The second-order valence-electron chi connectivity index (χ2n) is 7.27. The monoisotopic (exact) mass is 279 g/mol. The summed E-state index contributed by atoms with van der Waals surface area (Å²) in [4.78, 5) is 2.56. The Balaban J connectivity index is 1.41. The maximum atomic E-state index is 6.30. The molecule has 2 bridgehead atoms. The lowest BCUT2D eigenvalue weighted by Gasteiger charge is -2.21. The number of benzene rings is 1. The summed E-state index contributed by atoms with van der Waals surface area (Å²) in [6, 6.07) is 10.8. The zero-order valence-electron chi connectivity index (χ0n) is 12.6.